The highest BCUT2D eigenvalue weighted by molar-refractivity contribution is 6.03. The van der Waals surface area contributed by atoms with E-state index in [1.165, 1.54) is 12.1 Å². The molecular weight excluding hydrogens is 304 g/mol. The zero-order chi connectivity index (χ0) is 17.6. The molecule has 0 bridgehead atoms. The molecule has 0 aliphatic carbocycles. The van der Waals surface area contributed by atoms with Crippen molar-refractivity contribution in [1.82, 2.24) is 0 Å². The number of ether oxygens (including phenoxy) is 2. The summed E-state index contributed by atoms with van der Waals surface area (Å²) in [4.78, 5) is 23.8. The van der Waals surface area contributed by atoms with Crippen LogP contribution < -0.4 is 0 Å². The molecule has 0 aliphatic rings. The third-order valence-electron chi connectivity index (χ3n) is 2.15. The van der Waals surface area contributed by atoms with Crippen LogP contribution in [0.2, 0.25) is 0 Å². The smallest absolute Gasteiger partial charge is 0.352 e. The molecular formula is C20H6O4. The second-order valence-electron chi connectivity index (χ2n) is 3.57. The lowest BCUT2D eigenvalue weighted by Crippen LogP contribution is -2.11. The molecule has 0 aliphatic heterocycles. The summed E-state index contributed by atoms with van der Waals surface area (Å²) in [6.45, 7) is 0. The average Bonchev–Trinajstić information content (AvgIpc) is 2.61. The molecule has 0 radical (unpaired) electrons. The van der Waals surface area contributed by atoms with Crippen molar-refractivity contribution in [2.45, 2.75) is 0 Å². The highest BCUT2D eigenvalue weighted by atomic mass is 16.5. The van der Waals surface area contributed by atoms with E-state index in [2.05, 4.69) is 57.2 Å². The summed E-state index contributed by atoms with van der Waals surface area (Å²) < 4.78 is 9.33. The molecule has 0 spiro atoms. The zero-order valence-corrected chi connectivity index (χ0v) is 12.1. The Kier molecular flexibility index (Phi) is 7.52. The summed E-state index contributed by atoms with van der Waals surface area (Å²) in [6, 6.07) is 5.84. The van der Waals surface area contributed by atoms with Gasteiger partial charge in [-0.3, -0.25) is 0 Å². The van der Waals surface area contributed by atoms with Crippen LogP contribution >= 0.6 is 0 Å². The molecule has 0 atom stereocenters. The quantitative estimate of drug-likeness (QED) is 0.608. The Morgan fingerprint density at radius 2 is 1.12 bits per heavy atom. The lowest BCUT2D eigenvalue weighted by Gasteiger charge is -2.03. The second kappa shape index (κ2) is 10.3. The summed E-state index contributed by atoms with van der Waals surface area (Å²) in [7, 11) is 0. The van der Waals surface area contributed by atoms with Gasteiger partial charge in [-0.05, 0) is 35.8 Å². The third kappa shape index (κ3) is 5.88. The standard InChI is InChI=1S/C20H6O4/c1-3-5-7-11-15-23-19(21)17-13-9-10-14-18(17)20(22)24-16-12-8-6-4-2/h1-2,9-10,13-14H. The van der Waals surface area contributed by atoms with Crippen LogP contribution in [-0.2, 0) is 9.47 Å². The highest BCUT2D eigenvalue weighted by Crippen LogP contribution is 2.11. The predicted molar refractivity (Wildman–Crippen MR) is 86.0 cm³/mol. The molecule has 0 saturated heterocycles. The minimum Gasteiger partial charge on any atom is -0.367 e. The van der Waals surface area contributed by atoms with E-state index in [9.17, 15) is 9.59 Å². The van der Waals surface area contributed by atoms with E-state index in [-0.39, 0.29) is 11.1 Å². The van der Waals surface area contributed by atoms with Gasteiger partial charge in [-0.2, -0.15) is 0 Å². The minimum absolute atomic E-state index is 0.0433. The van der Waals surface area contributed by atoms with Crippen molar-refractivity contribution >= 4 is 11.9 Å². The van der Waals surface area contributed by atoms with Crippen LogP contribution in [0.5, 0.6) is 0 Å². The van der Waals surface area contributed by atoms with Crippen LogP contribution in [0.15, 0.2) is 24.3 Å². The summed E-state index contributed by atoms with van der Waals surface area (Å²) >= 11 is 0. The SMILES string of the molecule is C#CC#CC#COC(=O)c1ccccc1C(=O)OC#CC#CC#C. The molecule has 0 N–H and O–H groups in total. The third-order valence-corrected chi connectivity index (χ3v) is 2.15. The fourth-order valence-electron chi connectivity index (χ4n) is 1.28. The minimum atomic E-state index is -0.849. The topological polar surface area (TPSA) is 52.6 Å². The molecule has 0 heterocycles. The molecule has 1 aromatic carbocycles. The van der Waals surface area contributed by atoms with E-state index in [0.717, 1.165) is 0 Å². The van der Waals surface area contributed by atoms with Crippen LogP contribution in [0.3, 0.4) is 0 Å². The number of esters is 2. The Balaban J connectivity index is 2.90. The van der Waals surface area contributed by atoms with Gasteiger partial charge in [0.1, 0.15) is 12.2 Å². The number of rotatable bonds is 2. The summed E-state index contributed by atoms with van der Waals surface area (Å²) in [5.41, 5.74) is -0.0866. The lowest BCUT2D eigenvalue weighted by atomic mass is 10.1. The molecule has 0 saturated carbocycles. The number of hydrogen-bond acceptors (Lipinski definition) is 4. The predicted octanol–water partition coefficient (Wildman–Crippen LogP) is 1.20. The van der Waals surface area contributed by atoms with E-state index >= 15 is 0 Å². The molecule has 4 heteroatoms. The second-order valence-corrected chi connectivity index (χ2v) is 3.57. The first-order valence-corrected chi connectivity index (χ1v) is 6.13. The average molecular weight is 310 g/mol. The van der Waals surface area contributed by atoms with Crippen molar-refractivity contribution in [3.8, 4) is 72.4 Å². The molecule has 0 aromatic heterocycles. The van der Waals surface area contributed by atoms with Crippen molar-refractivity contribution in [3.05, 3.63) is 35.4 Å². The molecule has 110 valence electrons. The van der Waals surface area contributed by atoms with E-state index in [1.54, 1.807) is 12.1 Å². The van der Waals surface area contributed by atoms with Crippen molar-refractivity contribution < 1.29 is 19.1 Å². The van der Waals surface area contributed by atoms with Gasteiger partial charge in [-0.25, -0.2) is 9.59 Å². The van der Waals surface area contributed by atoms with E-state index in [1.807, 2.05) is 11.8 Å². The van der Waals surface area contributed by atoms with Crippen molar-refractivity contribution in [2.24, 2.45) is 0 Å². The molecule has 24 heavy (non-hydrogen) atoms. The van der Waals surface area contributed by atoms with Gasteiger partial charge in [0.15, 0.2) is 0 Å². The Morgan fingerprint density at radius 1 is 0.708 bits per heavy atom. The zero-order valence-electron chi connectivity index (χ0n) is 12.1. The number of carbonyl (C=O) groups is 2. The van der Waals surface area contributed by atoms with Gasteiger partial charge in [-0.15, -0.1) is 12.8 Å². The number of hydrogen-bond donors (Lipinski definition) is 0. The maximum atomic E-state index is 11.9. The molecule has 0 amide bonds. The fraction of sp³-hybridized carbons (Fsp3) is 0. The van der Waals surface area contributed by atoms with E-state index < -0.39 is 11.9 Å². The van der Waals surface area contributed by atoms with Gasteiger partial charge < -0.3 is 9.47 Å². The first-order chi connectivity index (χ1) is 11.7. The Labute approximate surface area is 139 Å². The maximum Gasteiger partial charge on any atom is 0.352 e. The van der Waals surface area contributed by atoms with Gasteiger partial charge in [0.05, 0.1) is 11.1 Å². The van der Waals surface area contributed by atoms with Gasteiger partial charge in [0, 0.05) is 23.7 Å². The molecule has 0 fully saturated rings. The van der Waals surface area contributed by atoms with Gasteiger partial charge in [0.25, 0.3) is 0 Å². The van der Waals surface area contributed by atoms with Crippen LogP contribution in [-0.4, -0.2) is 11.9 Å². The van der Waals surface area contributed by atoms with Crippen LogP contribution in [0, 0.1) is 72.4 Å². The molecule has 1 rings (SSSR count). The van der Waals surface area contributed by atoms with Crippen molar-refractivity contribution in [2.75, 3.05) is 0 Å². The van der Waals surface area contributed by atoms with Crippen molar-refractivity contribution in [1.29, 1.82) is 0 Å². The van der Waals surface area contributed by atoms with Crippen molar-refractivity contribution in [3.63, 3.8) is 0 Å². The Morgan fingerprint density at radius 3 is 1.50 bits per heavy atom. The maximum absolute atomic E-state index is 11.9. The van der Waals surface area contributed by atoms with E-state index in [0.29, 0.717) is 0 Å². The first kappa shape index (κ1) is 17.6. The summed E-state index contributed by atoms with van der Waals surface area (Å²) in [5.74, 6) is 15.8. The van der Waals surface area contributed by atoms with Gasteiger partial charge in [-0.1, -0.05) is 12.1 Å². The van der Waals surface area contributed by atoms with Gasteiger partial charge in [0.2, 0.25) is 0 Å². The van der Waals surface area contributed by atoms with Crippen LogP contribution in [0.25, 0.3) is 0 Å². The fourth-order valence-corrected chi connectivity index (χ4v) is 1.28. The Hall–Kier alpha value is -4.48. The Bertz CT molecular complexity index is 902. The van der Waals surface area contributed by atoms with Gasteiger partial charge >= 0.3 is 11.9 Å². The summed E-state index contributed by atoms with van der Waals surface area (Å²) in [5, 5.41) is 0. The molecule has 1 aromatic rings. The first-order valence-electron chi connectivity index (χ1n) is 6.13. The van der Waals surface area contributed by atoms with Crippen LogP contribution in [0.1, 0.15) is 20.7 Å². The number of carbonyl (C=O) groups excluding carboxylic acids is 2. The molecule has 0 unspecified atom stereocenters. The monoisotopic (exact) mass is 310 g/mol. The highest BCUT2D eigenvalue weighted by Gasteiger charge is 2.18. The largest absolute Gasteiger partial charge is 0.367 e. The van der Waals surface area contributed by atoms with E-state index in [4.69, 9.17) is 12.8 Å². The van der Waals surface area contributed by atoms with Crippen LogP contribution in [0.4, 0.5) is 0 Å². The summed E-state index contributed by atoms with van der Waals surface area (Å²) in [6.07, 6.45) is 13.9. The lowest BCUT2D eigenvalue weighted by molar-refractivity contribution is 0.0646. The normalized spacial score (nSPS) is 6.92. The number of terminal acetylenes is 2. The molecule has 4 nitrogen and oxygen atoms in total. The number of benzene rings is 1.